The number of amides is 3. The van der Waals surface area contributed by atoms with Crippen molar-refractivity contribution in [2.24, 2.45) is 5.73 Å². The van der Waals surface area contributed by atoms with Gasteiger partial charge in [-0.3, -0.25) is 14.4 Å². The molecule has 1 unspecified atom stereocenters. The molecule has 0 spiro atoms. The smallest absolute Gasteiger partial charge is 0.252 e. The van der Waals surface area contributed by atoms with Gasteiger partial charge in [-0.1, -0.05) is 0 Å². The van der Waals surface area contributed by atoms with Crippen LogP contribution in [-0.2, 0) is 9.59 Å². The van der Waals surface area contributed by atoms with Crippen LogP contribution in [-0.4, -0.2) is 56.8 Å². The molecule has 3 fully saturated rings. The summed E-state index contributed by atoms with van der Waals surface area (Å²) < 4.78 is 0. The van der Waals surface area contributed by atoms with E-state index in [4.69, 9.17) is 5.73 Å². The van der Waals surface area contributed by atoms with E-state index in [0.29, 0.717) is 29.7 Å². The van der Waals surface area contributed by atoms with E-state index < -0.39 is 5.91 Å². The number of H-pyrrole nitrogens is 1. The molecule has 3 amide bonds. The van der Waals surface area contributed by atoms with E-state index in [0.717, 1.165) is 31.1 Å². The number of carbonyl (C=O) groups excluding carboxylic acids is 3. The van der Waals surface area contributed by atoms with Gasteiger partial charge in [0.2, 0.25) is 11.8 Å². The average Bonchev–Trinajstić information content (AvgIpc) is 3.39. The normalized spacial score (nSPS) is 28.6. The van der Waals surface area contributed by atoms with Crippen molar-refractivity contribution < 1.29 is 14.4 Å². The number of nitrogens with zero attached hydrogens (tertiary/aromatic N) is 2. The van der Waals surface area contributed by atoms with Crippen molar-refractivity contribution >= 4 is 34.4 Å². The first-order valence-corrected chi connectivity index (χ1v) is 10.1. The Morgan fingerprint density at radius 2 is 1.97 bits per heavy atom. The number of pyridine rings is 1. The Morgan fingerprint density at radius 3 is 2.62 bits per heavy atom. The van der Waals surface area contributed by atoms with Gasteiger partial charge in [0.1, 0.15) is 11.7 Å². The third kappa shape index (κ3) is 3.01. The molecule has 0 aliphatic carbocycles. The van der Waals surface area contributed by atoms with Gasteiger partial charge in [-0.25, -0.2) is 4.98 Å². The molecule has 3 aliphatic heterocycles. The summed E-state index contributed by atoms with van der Waals surface area (Å²) in [6.07, 6.45) is 7.83. The fraction of sp³-hybridized carbons (Fsp3) is 0.500. The third-order valence-electron chi connectivity index (χ3n) is 6.48. The number of nitrogens with two attached hydrogens (primary N) is 1. The summed E-state index contributed by atoms with van der Waals surface area (Å²) in [6.45, 7) is 0. The number of nitrogens with one attached hydrogen (secondary N) is 3. The lowest BCUT2D eigenvalue weighted by atomic mass is 9.95. The fourth-order valence-electron chi connectivity index (χ4n) is 5.19. The van der Waals surface area contributed by atoms with E-state index in [1.54, 1.807) is 6.20 Å². The Balaban J connectivity index is 1.36. The Kier molecular flexibility index (Phi) is 4.18. The van der Waals surface area contributed by atoms with Gasteiger partial charge >= 0.3 is 0 Å². The molecule has 3 aliphatic rings. The summed E-state index contributed by atoms with van der Waals surface area (Å²) in [5.74, 6) is -0.508. The largest absolute Gasteiger partial charge is 0.381 e. The van der Waals surface area contributed by atoms with Crippen molar-refractivity contribution in [3.05, 3.63) is 24.0 Å². The second-order valence-corrected chi connectivity index (χ2v) is 8.25. The minimum atomic E-state index is -0.518. The topological polar surface area (TPSA) is 133 Å². The molecule has 2 aromatic rings. The van der Waals surface area contributed by atoms with Crippen LogP contribution in [0.3, 0.4) is 0 Å². The van der Waals surface area contributed by atoms with E-state index in [1.165, 1.54) is 6.20 Å². The SMILES string of the molecule is NC(=O)c1cnc2[nH]ccc2c1NC1C[C@H]2CC[C@@H](C1)N2C(=O)[C@H]1CCC(=O)N1. The number of aromatic amines is 1. The first kappa shape index (κ1) is 18.0. The molecular formula is C20H24N6O3. The highest BCUT2D eigenvalue weighted by Crippen LogP contribution is 2.39. The number of hydrogen-bond acceptors (Lipinski definition) is 5. The Hall–Kier alpha value is -3.10. The maximum atomic E-state index is 13.0. The summed E-state index contributed by atoms with van der Waals surface area (Å²) in [6, 6.07) is 1.94. The highest BCUT2D eigenvalue weighted by atomic mass is 16.2. The van der Waals surface area contributed by atoms with Crippen molar-refractivity contribution in [3.8, 4) is 0 Å². The first-order chi connectivity index (χ1) is 14.0. The quantitative estimate of drug-likeness (QED) is 0.609. The minimum absolute atomic E-state index is 0.0422. The van der Waals surface area contributed by atoms with E-state index in [1.807, 2.05) is 11.0 Å². The fourth-order valence-corrected chi connectivity index (χ4v) is 5.19. The average molecular weight is 396 g/mol. The minimum Gasteiger partial charge on any atom is -0.381 e. The van der Waals surface area contributed by atoms with Gasteiger partial charge in [0.15, 0.2) is 0 Å². The second kappa shape index (κ2) is 6.75. The number of anilines is 1. The maximum Gasteiger partial charge on any atom is 0.252 e. The van der Waals surface area contributed by atoms with Crippen LogP contribution in [0, 0.1) is 0 Å². The lowest BCUT2D eigenvalue weighted by Gasteiger charge is -2.40. The number of aromatic nitrogens is 2. The lowest BCUT2D eigenvalue weighted by molar-refractivity contribution is -0.138. The van der Waals surface area contributed by atoms with Crippen LogP contribution < -0.4 is 16.4 Å². The molecule has 5 N–H and O–H groups in total. The van der Waals surface area contributed by atoms with Crippen LogP contribution in [0.5, 0.6) is 0 Å². The summed E-state index contributed by atoms with van der Waals surface area (Å²) in [5, 5.41) is 7.16. The van der Waals surface area contributed by atoms with Gasteiger partial charge in [-0.05, 0) is 38.2 Å². The van der Waals surface area contributed by atoms with E-state index in [-0.39, 0.29) is 36.0 Å². The van der Waals surface area contributed by atoms with E-state index >= 15 is 0 Å². The predicted octanol–water partition coefficient (Wildman–Crippen LogP) is 0.874. The number of primary amides is 1. The van der Waals surface area contributed by atoms with Crippen LogP contribution in [0.2, 0.25) is 0 Å². The molecule has 5 heterocycles. The second-order valence-electron chi connectivity index (χ2n) is 8.25. The maximum absolute atomic E-state index is 13.0. The molecule has 152 valence electrons. The molecule has 4 atom stereocenters. The Bertz CT molecular complexity index is 987. The van der Waals surface area contributed by atoms with Gasteiger partial charge in [-0.15, -0.1) is 0 Å². The summed E-state index contributed by atoms with van der Waals surface area (Å²) >= 11 is 0. The van der Waals surface area contributed by atoms with E-state index in [2.05, 4.69) is 20.6 Å². The molecule has 9 nitrogen and oxygen atoms in total. The van der Waals surface area contributed by atoms with Crippen molar-refractivity contribution in [1.29, 1.82) is 0 Å². The molecular weight excluding hydrogens is 372 g/mol. The Labute approximate surface area is 167 Å². The molecule has 2 bridgehead atoms. The summed E-state index contributed by atoms with van der Waals surface area (Å²) in [4.78, 5) is 45.7. The summed E-state index contributed by atoms with van der Waals surface area (Å²) in [7, 11) is 0. The van der Waals surface area contributed by atoms with Crippen LogP contribution in [0.15, 0.2) is 18.5 Å². The lowest BCUT2D eigenvalue weighted by Crippen LogP contribution is -2.54. The predicted molar refractivity (Wildman–Crippen MR) is 106 cm³/mol. The van der Waals surface area contributed by atoms with Gasteiger partial charge in [0, 0.05) is 42.3 Å². The van der Waals surface area contributed by atoms with Gasteiger partial charge in [0.25, 0.3) is 5.91 Å². The molecule has 0 saturated carbocycles. The highest BCUT2D eigenvalue weighted by Gasteiger charge is 2.46. The zero-order chi connectivity index (χ0) is 20.1. The van der Waals surface area contributed by atoms with Crippen LogP contribution in [0.25, 0.3) is 11.0 Å². The number of piperidine rings is 1. The van der Waals surface area contributed by atoms with Crippen LogP contribution >= 0.6 is 0 Å². The van der Waals surface area contributed by atoms with Crippen molar-refractivity contribution in [1.82, 2.24) is 20.2 Å². The molecule has 2 aromatic heterocycles. The molecule has 3 saturated heterocycles. The number of carbonyl (C=O) groups is 3. The van der Waals surface area contributed by atoms with Crippen LogP contribution in [0.4, 0.5) is 5.69 Å². The van der Waals surface area contributed by atoms with Crippen molar-refractivity contribution in [3.63, 3.8) is 0 Å². The first-order valence-electron chi connectivity index (χ1n) is 10.1. The highest BCUT2D eigenvalue weighted by molar-refractivity contribution is 6.06. The van der Waals surface area contributed by atoms with Gasteiger partial charge in [0.05, 0.1) is 11.3 Å². The van der Waals surface area contributed by atoms with E-state index in [9.17, 15) is 14.4 Å². The number of rotatable bonds is 4. The zero-order valence-corrected chi connectivity index (χ0v) is 16.0. The van der Waals surface area contributed by atoms with Gasteiger partial charge < -0.3 is 26.3 Å². The number of fused-ring (bicyclic) bond motifs is 3. The van der Waals surface area contributed by atoms with Gasteiger partial charge in [-0.2, -0.15) is 0 Å². The van der Waals surface area contributed by atoms with Crippen molar-refractivity contribution in [2.75, 3.05) is 5.32 Å². The summed E-state index contributed by atoms with van der Waals surface area (Å²) in [5.41, 5.74) is 7.35. The molecule has 29 heavy (non-hydrogen) atoms. The van der Waals surface area contributed by atoms with Crippen LogP contribution in [0.1, 0.15) is 48.9 Å². The molecule has 0 aromatic carbocycles. The number of hydrogen-bond donors (Lipinski definition) is 4. The third-order valence-corrected chi connectivity index (χ3v) is 6.48. The molecule has 5 rings (SSSR count). The molecule has 0 radical (unpaired) electrons. The monoisotopic (exact) mass is 396 g/mol. The standard InChI is InChI=1S/C20H24N6O3/c21-18(28)14-9-23-19-13(5-6-22-19)17(14)24-10-7-11-1-2-12(8-10)26(11)20(29)15-3-4-16(27)25-15/h5-6,9-12,15H,1-4,7-8H2,(H2,21,28)(H,25,27)(H2,22,23,24)/t10?,11-,12+,15-/m1/s1. The Morgan fingerprint density at radius 1 is 1.21 bits per heavy atom. The molecule has 9 heteroatoms. The zero-order valence-electron chi connectivity index (χ0n) is 16.0. The van der Waals surface area contributed by atoms with Crippen molar-refractivity contribution in [2.45, 2.75) is 62.7 Å².